The molecule has 0 saturated heterocycles. The van der Waals surface area contributed by atoms with E-state index >= 15 is 0 Å². The lowest BCUT2D eigenvalue weighted by Crippen LogP contribution is -2.21. The summed E-state index contributed by atoms with van der Waals surface area (Å²) in [6.45, 7) is 10.1. The Bertz CT molecular complexity index is 378. The zero-order valence-corrected chi connectivity index (χ0v) is 12.1. The fourth-order valence-corrected chi connectivity index (χ4v) is 2.69. The minimum absolute atomic E-state index is 0.662. The number of benzene rings is 1. The molecular weight excluding hydrogens is 230 g/mol. The van der Waals surface area contributed by atoms with Gasteiger partial charge in [-0.1, -0.05) is 24.6 Å². The maximum Gasteiger partial charge on any atom is 0.0360 e. The largest absolute Gasteiger partial charge is 0.312 e. The van der Waals surface area contributed by atoms with Gasteiger partial charge < -0.3 is 5.32 Å². The first-order valence-corrected chi connectivity index (χ1v) is 7.65. The predicted octanol–water partition coefficient (Wildman–Crippen LogP) is 2.47. The summed E-state index contributed by atoms with van der Waals surface area (Å²) in [5.74, 6) is 1.50. The molecule has 96 valence electrons. The van der Waals surface area contributed by atoms with Crippen molar-refractivity contribution in [1.82, 2.24) is 5.32 Å². The summed E-state index contributed by atoms with van der Waals surface area (Å²) in [4.78, 5) is 0. The molecule has 1 atom stereocenters. The van der Waals surface area contributed by atoms with Gasteiger partial charge in [0.15, 0.2) is 0 Å². The van der Waals surface area contributed by atoms with Crippen LogP contribution in [0.2, 0.25) is 0 Å². The SMILES string of the molecule is CCS(=O)CCNCc1c(C)cc(C)cc1C. The highest BCUT2D eigenvalue weighted by atomic mass is 32.2. The molecule has 1 rings (SSSR count). The zero-order chi connectivity index (χ0) is 12.8. The molecule has 1 unspecified atom stereocenters. The van der Waals surface area contributed by atoms with Crippen LogP contribution in [0.3, 0.4) is 0 Å². The molecule has 0 spiro atoms. The van der Waals surface area contributed by atoms with E-state index in [2.05, 4.69) is 38.2 Å². The zero-order valence-electron chi connectivity index (χ0n) is 11.3. The minimum Gasteiger partial charge on any atom is -0.312 e. The van der Waals surface area contributed by atoms with Crippen LogP contribution in [-0.4, -0.2) is 22.3 Å². The molecule has 0 aliphatic carbocycles. The van der Waals surface area contributed by atoms with Crippen molar-refractivity contribution < 1.29 is 4.21 Å². The van der Waals surface area contributed by atoms with E-state index in [1.165, 1.54) is 22.3 Å². The lowest BCUT2D eigenvalue weighted by atomic mass is 10.00. The van der Waals surface area contributed by atoms with Gasteiger partial charge in [0.05, 0.1) is 0 Å². The van der Waals surface area contributed by atoms with Crippen LogP contribution in [0.25, 0.3) is 0 Å². The van der Waals surface area contributed by atoms with Crippen molar-refractivity contribution in [3.8, 4) is 0 Å². The van der Waals surface area contributed by atoms with E-state index in [0.717, 1.165) is 24.6 Å². The maximum absolute atomic E-state index is 11.3. The number of rotatable bonds is 6. The highest BCUT2D eigenvalue weighted by Gasteiger charge is 2.03. The Kier molecular flexibility index (Phi) is 5.86. The summed E-state index contributed by atoms with van der Waals surface area (Å²) in [5, 5.41) is 3.37. The van der Waals surface area contributed by atoms with Crippen LogP contribution in [0.15, 0.2) is 12.1 Å². The van der Waals surface area contributed by atoms with Gasteiger partial charge in [-0.05, 0) is 37.5 Å². The molecule has 3 heteroatoms. The Morgan fingerprint density at radius 2 is 1.76 bits per heavy atom. The van der Waals surface area contributed by atoms with E-state index in [4.69, 9.17) is 0 Å². The van der Waals surface area contributed by atoms with Gasteiger partial charge in [0.2, 0.25) is 0 Å². The topological polar surface area (TPSA) is 29.1 Å². The molecule has 0 aromatic heterocycles. The van der Waals surface area contributed by atoms with E-state index in [9.17, 15) is 4.21 Å². The first kappa shape index (κ1) is 14.4. The second-order valence-electron chi connectivity index (χ2n) is 4.49. The third kappa shape index (κ3) is 4.60. The first-order valence-electron chi connectivity index (χ1n) is 6.17. The number of hydrogen-bond acceptors (Lipinski definition) is 2. The van der Waals surface area contributed by atoms with Gasteiger partial charge >= 0.3 is 0 Å². The van der Waals surface area contributed by atoms with E-state index in [1.54, 1.807) is 0 Å². The normalized spacial score (nSPS) is 12.7. The van der Waals surface area contributed by atoms with Crippen molar-refractivity contribution in [2.75, 3.05) is 18.1 Å². The quantitative estimate of drug-likeness (QED) is 0.789. The fraction of sp³-hybridized carbons (Fsp3) is 0.571. The molecule has 0 heterocycles. The number of nitrogens with one attached hydrogen (secondary N) is 1. The van der Waals surface area contributed by atoms with Gasteiger partial charge in [-0.2, -0.15) is 0 Å². The maximum atomic E-state index is 11.3. The second-order valence-corrected chi connectivity index (χ2v) is 6.35. The number of hydrogen-bond donors (Lipinski definition) is 1. The second kappa shape index (κ2) is 6.92. The van der Waals surface area contributed by atoms with Crippen LogP contribution in [0, 0.1) is 20.8 Å². The summed E-state index contributed by atoms with van der Waals surface area (Å²) in [7, 11) is -0.662. The highest BCUT2D eigenvalue weighted by molar-refractivity contribution is 7.84. The first-order chi connectivity index (χ1) is 8.04. The van der Waals surface area contributed by atoms with Crippen LogP contribution in [0.1, 0.15) is 29.2 Å². The average molecular weight is 253 g/mol. The molecule has 1 aromatic rings. The van der Waals surface area contributed by atoms with Crippen LogP contribution < -0.4 is 5.32 Å². The molecule has 0 bridgehead atoms. The highest BCUT2D eigenvalue weighted by Crippen LogP contribution is 2.15. The molecule has 1 N–H and O–H groups in total. The lowest BCUT2D eigenvalue weighted by molar-refractivity contribution is 0.673. The van der Waals surface area contributed by atoms with Crippen LogP contribution in [0.4, 0.5) is 0 Å². The molecule has 0 fully saturated rings. The molecule has 0 radical (unpaired) electrons. The molecule has 0 aliphatic rings. The predicted molar refractivity (Wildman–Crippen MR) is 75.9 cm³/mol. The molecule has 17 heavy (non-hydrogen) atoms. The van der Waals surface area contributed by atoms with Crippen molar-refractivity contribution in [1.29, 1.82) is 0 Å². The van der Waals surface area contributed by atoms with Gasteiger partial charge in [-0.15, -0.1) is 0 Å². The van der Waals surface area contributed by atoms with E-state index in [0.29, 0.717) is 0 Å². The monoisotopic (exact) mass is 253 g/mol. The van der Waals surface area contributed by atoms with Crippen LogP contribution >= 0.6 is 0 Å². The van der Waals surface area contributed by atoms with Gasteiger partial charge in [0.1, 0.15) is 0 Å². The van der Waals surface area contributed by atoms with E-state index in [-0.39, 0.29) is 0 Å². The average Bonchev–Trinajstić information content (AvgIpc) is 2.26. The molecule has 0 aliphatic heterocycles. The summed E-state index contributed by atoms with van der Waals surface area (Å²) in [6, 6.07) is 4.43. The Labute approximate surface area is 107 Å². The Morgan fingerprint density at radius 3 is 2.29 bits per heavy atom. The number of aryl methyl sites for hydroxylation is 3. The fourth-order valence-electron chi connectivity index (χ4n) is 2.03. The van der Waals surface area contributed by atoms with Crippen molar-refractivity contribution in [3.63, 3.8) is 0 Å². The van der Waals surface area contributed by atoms with Crippen molar-refractivity contribution in [3.05, 3.63) is 34.4 Å². The van der Waals surface area contributed by atoms with Gasteiger partial charge in [-0.25, -0.2) is 0 Å². The molecular formula is C14H23NOS. The van der Waals surface area contributed by atoms with Gasteiger partial charge in [-0.3, -0.25) is 4.21 Å². The smallest absolute Gasteiger partial charge is 0.0360 e. The Morgan fingerprint density at radius 1 is 1.18 bits per heavy atom. The molecule has 0 saturated carbocycles. The summed E-state index contributed by atoms with van der Waals surface area (Å²) >= 11 is 0. The molecule has 0 amide bonds. The lowest BCUT2D eigenvalue weighted by Gasteiger charge is -2.12. The summed E-state index contributed by atoms with van der Waals surface area (Å²) in [5.41, 5.74) is 5.37. The van der Waals surface area contributed by atoms with E-state index < -0.39 is 10.8 Å². The minimum atomic E-state index is -0.662. The molecule has 1 aromatic carbocycles. The van der Waals surface area contributed by atoms with Crippen molar-refractivity contribution in [2.24, 2.45) is 0 Å². The van der Waals surface area contributed by atoms with Crippen LogP contribution in [0.5, 0.6) is 0 Å². The Hall–Kier alpha value is -0.670. The van der Waals surface area contributed by atoms with Gasteiger partial charge in [0, 0.05) is 35.4 Å². The Balaban J connectivity index is 2.50. The van der Waals surface area contributed by atoms with Gasteiger partial charge in [0.25, 0.3) is 0 Å². The third-order valence-corrected chi connectivity index (χ3v) is 4.27. The van der Waals surface area contributed by atoms with Crippen molar-refractivity contribution >= 4 is 10.8 Å². The molecule has 2 nitrogen and oxygen atoms in total. The summed E-state index contributed by atoms with van der Waals surface area (Å²) < 4.78 is 11.3. The van der Waals surface area contributed by atoms with Crippen molar-refractivity contribution in [2.45, 2.75) is 34.2 Å². The van der Waals surface area contributed by atoms with Crippen LogP contribution in [-0.2, 0) is 17.3 Å². The standard InChI is InChI=1S/C14H23NOS/c1-5-17(16)7-6-15-10-14-12(3)8-11(2)9-13(14)4/h8-9,15H,5-7,10H2,1-4H3. The third-order valence-electron chi connectivity index (χ3n) is 2.97. The summed E-state index contributed by atoms with van der Waals surface area (Å²) in [6.07, 6.45) is 0. The van der Waals surface area contributed by atoms with E-state index in [1.807, 2.05) is 6.92 Å².